The number of hydrogen-bond acceptors (Lipinski definition) is 2. The fourth-order valence-electron chi connectivity index (χ4n) is 1.66. The van der Waals surface area contributed by atoms with Gasteiger partial charge in [-0.2, -0.15) is 0 Å². The normalized spacial score (nSPS) is 10.3. The van der Waals surface area contributed by atoms with E-state index in [-0.39, 0.29) is 11.3 Å². The Balaban J connectivity index is 2.31. The summed E-state index contributed by atoms with van der Waals surface area (Å²) >= 11 is 0. The number of amides is 1. The van der Waals surface area contributed by atoms with Crippen LogP contribution < -0.4 is 11.1 Å². The number of nitrogens with two attached hydrogens (primary N) is 1. The molecule has 0 atom stereocenters. The molecule has 0 aliphatic heterocycles. The Morgan fingerprint density at radius 3 is 2.68 bits per heavy atom. The first-order valence-electron chi connectivity index (χ1n) is 5.60. The van der Waals surface area contributed by atoms with Crippen LogP contribution in [0.3, 0.4) is 0 Å². The van der Waals surface area contributed by atoms with Crippen LogP contribution in [0.15, 0.2) is 36.4 Å². The zero-order valence-corrected chi connectivity index (χ0v) is 10.2. The van der Waals surface area contributed by atoms with Crippen LogP contribution in [0.1, 0.15) is 15.9 Å². The highest BCUT2D eigenvalue weighted by Gasteiger charge is 2.13. The second-order valence-electron chi connectivity index (χ2n) is 4.11. The predicted molar refractivity (Wildman–Crippen MR) is 69.9 cm³/mol. The molecule has 0 unspecified atom stereocenters. The molecule has 0 radical (unpaired) electrons. The van der Waals surface area contributed by atoms with Crippen molar-refractivity contribution in [2.75, 3.05) is 11.1 Å². The van der Waals surface area contributed by atoms with Gasteiger partial charge in [-0.1, -0.05) is 12.1 Å². The van der Waals surface area contributed by atoms with Crippen LogP contribution in [-0.2, 0) is 0 Å². The number of nitrogens with one attached hydrogen (secondary N) is 1. The van der Waals surface area contributed by atoms with Gasteiger partial charge in [0.05, 0.1) is 11.3 Å². The Labute approximate surface area is 109 Å². The zero-order chi connectivity index (χ0) is 14.0. The van der Waals surface area contributed by atoms with Crippen LogP contribution in [0.4, 0.5) is 20.2 Å². The van der Waals surface area contributed by atoms with Crippen molar-refractivity contribution in [2.24, 2.45) is 0 Å². The maximum Gasteiger partial charge on any atom is 0.257 e. The maximum atomic E-state index is 13.4. The average molecular weight is 262 g/mol. The van der Waals surface area contributed by atoms with Gasteiger partial charge in [0.25, 0.3) is 5.91 Å². The van der Waals surface area contributed by atoms with E-state index in [0.717, 1.165) is 23.8 Å². The fourth-order valence-corrected chi connectivity index (χ4v) is 1.66. The topological polar surface area (TPSA) is 55.1 Å². The fraction of sp³-hybridized carbons (Fsp3) is 0.0714. The van der Waals surface area contributed by atoms with Gasteiger partial charge in [0.1, 0.15) is 11.6 Å². The number of para-hydroxylation sites is 1. The van der Waals surface area contributed by atoms with Crippen LogP contribution in [0.2, 0.25) is 0 Å². The number of carbonyl (C=O) groups is 1. The Hall–Kier alpha value is -2.43. The lowest BCUT2D eigenvalue weighted by molar-refractivity contribution is 0.102. The predicted octanol–water partition coefficient (Wildman–Crippen LogP) is 3.11. The Bertz CT molecular complexity index is 641. The van der Waals surface area contributed by atoms with E-state index >= 15 is 0 Å². The smallest absolute Gasteiger partial charge is 0.257 e. The highest BCUT2D eigenvalue weighted by molar-refractivity contribution is 6.08. The van der Waals surface area contributed by atoms with Gasteiger partial charge in [-0.3, -0.25) is 4.79 Å². The lowest BCUT2D eigenvalue weighted by atomic mass is 10.1. The largest absolute Gasteiger partial charge is 0.398 e. The highest BCUT2D eigenvalue weighted by Crippen LogP contribution is 2.20. The average Bonchev–Trinajstić information content (AvgIpc) is 2.37. The van der Waals surface area contributed by atoms with Crippen LogP contribution in [0, 0.1) is 18.6 Å². The van der Waals surface area contributed by atoms with Gasteiger partial charge in [0.2, 0.25) is 0 Å². The minimum atomic E-state index is -0.707. The molecule has 0 spiro atoms. The third-order valence-corrected chi connectivity index (χ3v) is 2.75. The number of hydrogen-bond donors (Lipinski definition) is 2. The summed E-state index contributed by atoms with van der Waals surface area (Å²) in [6.07, 6.45) is 0. The van der Waals surface area contributed by atoms with Gasteiger partial charge >= 0.3 is 0 Å². The van der Waals surface area contributed by atoms with E-state index in [2.05, 4.69) is 5.32 Å². The molecule has 2 aromatic rings. The molecular weight excluding hydrogens is 250 g/mol. The Kier molecular flexibility index (Phi) is 3.46. The van der Waals surface area contributed by atoms with Crippen molar-refractivity contribution < 1.29 is 13.6 Å². The molecule has 0 aliphatic carbocycles. The second-order valence-corrected chi connectivity index (χ2v) is 4.11. The van der Waals surface area contributed by atoms with Crippen molar-refractivity contribution in [3.8, 4) is 0 Å². The molecule has 0 fully saturated rings. The number of nitrogen functional groups attached to an aromatic ring is 1. The van der Waals surface area contributed by atoms with Crippen LogP contribution >= 0.6 is 0 Å². The van der Waals surface area contributed by atoms with E-state index in [1.165, 1.54) is 6.07 Å². The van der Waals surface area contributed by atoms with Crippen LogP contribution in [0.25, 0.3) is 0 Å². The summed E-state index contributed by atoms with van der Waals surface area (Å²) in [5.74, 6) is -1.92. The zero-order valence-electron chi connectivity index (χ0n) is 10.2. The van der Waals surface area contributed by atoms with Crippen LogP contribution in [0.5, 0.6) is 0 Å². The quantitative estimate of drug-likeness (QED) is 0.817. The summed E-state index contributed by atoms with van der Waals surface area (Å²) in [6, 6.07) is 7.79. The summed E-state index contributed by atoms with van der Waals surface area (Å²) in [7, 11) is 0. The summed E-state index contributed by atoms with van der Waals surface area (Å²) in [5.41, 5.74) is 6.84. The molecule has 0 aliphatic rings. The molecule has 0 aromatic heterocycles. The molecule has 0 heterocycles. The second kappa shape index (κ2) is 5.06. The lowest BCUT2D eigenvalue weighted by Crippen LogP contribution is -2.15. The first-order valence-corrected chi connectivity index (χ1v) is 5.60. The first-order chi connectivity index (χ1) is 8.99. The number of carbonyl (C=O) groups excluding carboxylic acids is 1. The van der Waals surface area contributed by atoms with Gasteiger partial charge in [-0.05, 0) is 30.7 Å². The van der Waals surface area contributed by atoms with Crippen molar-refractivity contribution >= 4 is 17.3 Å². The van der Waals surface area contributed by atoms with Crippen molar-refractivity contribution in [3.05, 3.63) is 59.2 Å². The Morgan fingerprint density at radius 1 is 1.21 bits per heavy atom. The van der Waals surface area contributed by atoms with Crippen LogP contribution in [-0.4, -0.2) is 5.91 Å². The molecule has 1 amide bonds. The minimum absolute atomic E-state index is 0.217. The van der Waals surface area contributed by atoms with E-state index < -0.39 is 17.5 Å². The molecule has 0 saturated carbocycles. The van der Waals surface area contributed by atoms with E-state index in [9.17, 15) is 13.6 Å². The lowest BCUT2D eigenvalue weighted by Gasteiger charge is -2.10. The van der Waals surface area contributed by atoms with Crippen molar-refractivity contribution in [2.45, 2.75) is 6.92 Å². The number of anilines is 2. The first kappa shape index (κ1) is 13.0. The van der Waals surface area contributed by atoms with E-state index in [1.54, 1.807) is 19.1 Å². The molecule has 3 nitrogen and oxygen atoms in total. The number of halogens is 2. The van der Waals surface area contributed by atoms with E-state index in [4.69, 9.17) is 5.73 Å². The molecule has 5 heteroatoms. The number of aryl methyl sites for hydroxylation is 1. The molecule has 0 bridgehead atoms. The third-order valence-electron chi connectivity index (χ3n) is 2.75. The van der Waals surface area contributed by atoms with Gasteiger partial charge in [0, 0.05) is 11.8 Å². The maximum absolute atomic E-state index is 13.4. The highest BCUT2D eigenvalue weighted by atomic mass is 19.1. The van der Waals surface area contributed by atoms with Crippen molar-refractivity contribution in [1.82, 2.24) is 0 Å². The van der Waals surface area contributed by atoms with Crippen molar-refractivity contribution in [1.29, 1.82) is 0 Å². The molecule has 98 valence electrons. The van der Waals surface area contributed by atoms with Gasteiger partial charge in [-0.15, -0.1) is 0 Å². The molecule has 19 heavy (non-hydrogen) atoms. The summed E-state index contributed by atoms with van der Waals surface area (Å²) in [6.45, 7) is 1.76. The van der Waals surface area contributed by atoms with Gasteiger partial charge in [0.15, 0.2) is 0 Å². The van der Waals surface area contributed by atoms with Gasteiger partial charge < -0.3 is 11.1 Å². The molecule has 0 saturated heterocycles. The monoisotopic (exact) mass is 262 g/mol. The Morgan fingerprint density at radius 2 is 1.95 bits per heavy atom. The summed E-state index contributed by atoms with van der Waals surface area (Å²) in [4.78, 5) is 12.0. The molecule has 3 N–H and O–H groups in total. The SMILES string of the molecule is Cc1cccc(C(=O)Nc2cc(F)ccc2F)c1N. The summed E-state index contributed by atoms with van der Waals surface area (Å²) in [5, 5.41) is 2.30. The minimum Gasteiger partial charge on any atom is -0.398 e. The number of rotatable bonds is 2. The van der Waals surface area contributed by atoms with E-state index in [0.29, 0.717) is 5.69 Å². The molecule has 2 rings (SSSR count). The standard InChI is InChI=1S/C14H12F2N2O/c1-8-3-2-4-10(13(8)17)14(19)18-12-7-9(15)5-6-11(12)16/h2-7H,17H2,1H3,(H,18,19). The molecule has 2 aromatic carbocycles. The van der Waals surface area contributed by atoms with Crippen molar-refractivity contribution in [3.63, 3.8) is 0 Å². The summed E-state index contributed by atoms with van der Waals surface area (Å²) < 4.78 is 26.4. The van der Waals surface area contributed by atoms with Gasteiger partial charge in [-0.25, -0.2) is 8.78 Å². The van der Waals surface area contributed by atoms with E-state index in [1.807, 2.05) is 0 Å². The number of benzene rings is 2. The third kappa shape index (κ3) is 2.70. The molecular formula is C14H12F2N2O.